The Bertz CT molecular complexity index is 2280. The van der Waals surface area contributed by atoms with Gasteiger partial charge in [-0.3, -0.25) is 58.1 Å². The van der Waals surface area contributed by atoms with E-state index in [9.17, 15) is 73.2 Å². The molecule has 404 valence electrons. The van der Waals surface area contributed by atoms with E-state index in [0.29, 0.717) is 11.1 Å². The number of benzene rings is 2. The number of carbonyl (C=O) groups is 11. The van der Waals surface area contributed by atoms with E-state index >= 15 is 0 Å². The molecule has 0 aliphatic rings. The summed E-state index contributed by atoms with van der Waals surface area (Å²) < 4.78 is 10.5. The van der Waals surface area contributed by atoms with E-state index in [1.165, 1.54) is 36.4 Å². The highest BCUT2D eigenvalue weighted by atomic mass is 16.5. The predicted molar refractivity (Wildman–Crippen MR) is 259 cm³/mol. The number of nitrogens with one attached hydrogen (secondary N) is 8. The molecule has 0 spiro atoms. The number of aliphatic hydroxyl groups is 1. The normalized spacial score (nSPS) is 14.0. The lowest BCUT2D eigenvalue weighted by atomic mass is 10.0. The number of ether oxygens (including phenoxy) is 2. The molecule has 8 atom stereocenters. The van der Waals surface area contributed by atoms with Crippen molar-refractivity contribution in [1.29, 1.82) is 0 Å². The molecule has 0 bridgehead atoms. The third-order valence-corrected chi connectivity index (χ3v) is 10.2. The molecule has 0 fully saturated rings. The number of amides is 9. The Hall–Kier alpha value is -8.27. The monoisotopic (exact) mass is 1040 g/mol. The van der Waals surface area contributed by atoms with Gasteiger partial charge in [0.05, 0.1) is 57.9 Å². The Morgan fingerprint density at radius 3 is 1.69 bits per heavy atom. The number of primary amides is 2. The Labute approximate surface area is 424 Å². The molecule has 16 N–H and O–H groups in total. The van der Waals surface area contributed by atoms with Crippen molar-refractivity contribution < 1.29 is 82.6 Å². The van der Waals surface area contributed by atoms with Crippen LogP contribution in [-0.2, 0) is 75.1 Å². The van der Waals surface area contributed by atoms with E-state index in [1.807, 2.05) is 0 Å². The van der Waals surface area contributed by atoms with Crippen molar-refractivity contribution in [1.82, 2.24) is 42.5 Å². The standard InChI is InChI=1S/C47H64N10O17/c1-4-17-73-24-35(41(49)66)57-45(70)33(21-37(48)60)55-46(71)34(22-40(64)65)56-43(68)31(20-28-11-13-29(59)14-12-28)52-38(61)23-50-42(67)30(15-16-39(62)63)53-44(69)32(19-27-9-7-6-8-10-27)54-47(72)36(51-26(3)58)25-74-18-5-2/h4-14,30-36,43,56,59,68H,1-2,15-25H2,3H3,(H2,48,60)(H2,49,66)(H,50,67)(H,51,58)(H,52,61)(H,53,69)(H,54,72)(H,55,71)(H,57,70)(H,62,63)(H,64,65). The molecule has 0 heterocycles. The number of phenolic OH excluding ortho intramolecular Hbond substituents is 1. The molecule has 74 heavy (non-hydrogen) atoms. The zero-order valence-electron chi connectivity index (χ0n) is 40.4. The van der Waals surface area contributed by atoms with Gasteiger partial charge in [0.15, 0.2) is 0 Å². The maximum atomic E-state index is 13.9. The van der Waals surface area contributed by atoms with Crippen molar-refractivity contribution in [2.45, 2.75) is 94.0 Å². The van der Waals surface area contributed by atoms with Gasteiger partial charge in [-0.25, -0.2) is 0 Å². The highest BCUT2D eigenvalue weighted by Gasteiger charge is 2.35. The van der Waals surface area contributed by atoms with E-state index in [-0.39, 0.29) is 38.4 Å². The van der Waals surface area contributed by atoms with Gasteiger partial charge >= 0.3 is 11.9 Å². The van der Waals surface area contributed by atoms with E-state index in [4.69, 9.17) is 20.9 Å². The molecule has 0 aromatic heterocycles. The first kappa shape index (κ1) is 61.8. The van der Waals surface area contributed by atoms with Crippen LogP contribution in [0.4, 0.5) is 0 Å². The fourth-order valence-corrected chi connectivity index (χ4v) is 6.66. The van der Waals surface area contributed by atoms with E-state index in [1.54, 1.807) is 30.3 Å². The van der Waals surface area contributed by atoms with Gasteiger partial charge in [0.2, 0.25) is 53.2 Å². The molecule has 0 aliphatic heterocycles. The SMILES string of the molecule is C=CCOCC(NC(=O)C(CC(N)=O)NC(=O)C(CC(=O)O)NC(O)C(Cc1ccc(O)cc1)NC(=O)CNC(=O)C(CCC(=O)O)NC(=O)C(Cc1ccccc1)NC(=O)C(COCC=C)NC(C)=O)C(N)=O. The van der Waals surface area contributed by atoms with Gasteiger partial charge in [0.1, 0.15) is 42.2 Å². The molecule has 2 rings (SSSR count). The van der Waals surface area contributed by atoms with Gasteiger partial charge in [-0.15, -0.1) is 13.2 Å². The second-order valence-electron chi connectivity index (χ2n) is 16.4. The van der Waals surface area contributed by atoms with Crippen LogP contribution in [0.2, 0.25) is 0 Å². The zero-order valence-corrected chi connectivity index (χ0v) is 40.4. The predicted octanol–water partition coefficient (Wildman–Crippen LogP) is -4.40. The van der Waals surface area contributed by atoms with Crippen LogP contribution in [0, 0.1) is 0 Å². The van der Waals surface area contributed by atoms with Crippen LogP contribution in [0.1, 0.15) is 43.7 Å². The fraction of sp³-hybridized carbons (Fsp3) is 0.426. The summed E-state index contributed by atoms with van der Waals surface area (Å²) in [5.41, 5.74) is 11.6. The molecular weight excluding hydrogens is 977 g/mol. The number of rotatable bonds is 36. The number of aliphatic carboxylic acids is 2. The molecule has 27 heteroatoms. The van der Waals surface area contributed by atoms with Crippen molar-refractivity contribution in [3.8, 4) is 5.75 Å². The van der Waals surface area contributed by atoms with E-state index < -0.39 is 152 Å². The fourth-order valence-electron chi connectivity index (χ4n) is 6.66. The highest BCUT2D eigenvalue weighted by molar-refractivity contribution is 5.97. The second-order valence-corrected chi connectivity index (χ2v) is 16.4. The highest BCUT2D eigenvalue weighted by Crippen LogP contribution is 2.14. The van der Waals surface area contributed by atoms with Crippen LogP contribution >= 0.6 is 0 Å². The van der Waals surface area contributed by atoms with Crippen molar-refractivity contribution >= 4 is 65.1 Å². The summed E-state index contributed by atoms with van der Waals surface area (Å²) in [6.45, 7) is 6.49. The van der Waals surface area contributed by atoms with Crippen molar-refractivity contribution in [3.05, 3.63) is 91.0 Å². The number of aromatic hydroxyl groups is 1. The van der Waals surface area contributed by atoms with E-state index in [0.717, 1.165) is 6.92 Å². The number of nitrogens with two attached hydrogens (primary N) is 2. The molecule has 0 radical (unpaired) electrons. The Morgan fingerprint density at radius 2 is 1.14 bits per heavy atom. The van der Waals surface area contributed by atoms with Crippen LogP contribution in [0.5, 0.6) is 5.75 Å². The molecule has 0 saturated carbocycles. The number of carbonyl (C=O) groups excluding carboxylic acids is 9. The van der Waals surface area contributed by atoms with Gasteiger partial charge in [-0.05, 0) is 36.1 Å². The molecule has 2 aromatic rings. The van der Waals surface area contributed by atoms with Gasteiger partial charge in [0.25, 0.3) is 0 Å². The topological polar surface area (TPSA) is 435 Å². The maximum absolute atomic E-state index is 13.9. The minimum atomic E-state index is -2.03. The lowest BCUT2D eigenvalue weighted by molar-refractivity contribution is -0.141. The van der Waals surface area contributed by atoms with Crippen LogP contribution in [0.3, 0.4) is 0 Å². The summed E-state index contributed by atoms with van der Waals surface area (Å²) in [7, 11) is 0. The van der Waals surface area contributed by atoms with Gasteiger partial charge in [-0.2, -0.15) is 0 Å². The minimum absolute atomic E-state index is 0.0274. The third kappa shape index (κ3) is 24.2. The molecule has 8 unspecified atom stereocenters. The summed E-state index contributed by atoms with van der Waals surface area (Å²) >= 11 is 0. The number of carboxylic acids is 2. The average molecular weight is 1040 g/mol. The lowest BCUT2D eigenvalue weighted by Gasteiger charge is -2.29. The Morgan fingerprint density at radius 1 is 0.608 bits per heavy atom. The number of hydrogen-bond donors (Lipinski definition) is 14. The van der Waals surface area contributed by atoms with Crippen LogP contribution in [0.25, 0.3) is 0 Å². The number of hydrogen-bond acceptors (Lipinski definition) is 16. The average Bonchev–Trinajstić information content (AvgIpc) is 3.33. The smallest absolute Gasteiger partial charge is 0.305 e. The zero-order chi connectivity index (χ0) is 55.3. The molecule has 2 aromatic carbocycles. The van der Waals surface area contributed by atoms with Crippen molar-refractivity contribution in [3.63, 3.8) is 0 Å². The van der Waals surface area contributed by atoms with Gasteiger partial charge < -0.3 is 78.6 Å². The molecular formula is C47H64N10O17. The second kappa shape index (κ2) is 32.7. The Balaban J connectivity index is 2.38. The summed E-state index contributed by atoms with van der Waals surface area (Å²) in [5, 5.41) is 59.4. The number of phenols is 1. The largest absolute Gasteiger partial charge is 0.508 e. The lowest BCUT2D eigenvalue weighted by Crippen LogP contribution is -2.61. The number of aliphatic hydroxyl groups excluding tert-OH is 1. The van der Waals surface area contributed by atoms with Crippen LogP contribution in [-0.4, -0.2) is 167 Å². The van der Waals surface area contributed by atoms with Crippen LogP contribution in [0.15, 0.2) is 79.9 Å². The van der Waals surface area contributed by atoms with Crippen molar-refractivity contribution in [2.75, 3.05) is 33.0 Å². The number of carboxylic acid groups (broad SMARTS) is 2. The first-order valence-corrected chi connectivity index (χ1v) is 22.7. The molecule has 27 nitrogen and oxygen atoms in total. The summed E-state index contributed by atoms with van der Waals surface area (Å²) in [4.78, 5) is 141. The third-order valence-electron chi connectivity index (χ3n) is 10.2. The summed E-state index contributed by atoms with van der Waals surface area (Å²) in [5.74, 6) is -12.2. The first-order valence-electron chi connectivity index (χ1n) is 22.7. The molecule has 9 amide bonds. The molecule has 0 aliphatic carbocycles. The van der Waals surface area contributed by atoms with Crippen LogP contribution < -0.4 is 54.0 Å². The first-order chi connectivity index (χ1) is 35.0. The quantitative estimate of drug-likeness (QED) is 0.0174. The summed E-state index contributed by atoms with van der Waals surface area (Å²) in [6.07, 6.45) is -2.80. The Kier molecular flexibility index (Phi) is 27.3. The minimum Gasteiger partial charge on any atom is -0.508 e. The summed E-state index contributed by atoms with van der Waals surface area (Å²) in [6, 6.07) is 2.68. The molecule has 0 saturated heterocycles. The van der Waals surface area contributed by atoms with Gasteiger partial charge in [0, 0.05) is 19.8 Å². The van der Waals surface area contributed by atoms with Gasteiger partial charge in [-0.1, -0.05) is 54.6 Å². The van der Waals surface area contributed by atoms with Crippen molar-refractivity contribution in [2.24, 2.45) is 11.5 Å². The maximum Gasteiger partial charge on any atom is 0.305 e. The van der Waals surface area contributed by atoms with E-state index in [2.05, 4.69) is 55.7 Å².